The quantitative estimate of drug-likeness (QED) is 0.265. The van der Waals surface area contributed by atoms with Crippen LogP contribution in [0.2, 0.25) is 0 Å². The number of rotatable bonds is 14. The lowest BCUT2D eigenvalue weighted by Gasteiger charge is -2.36. The molecule has 3 amide bonds. The zero-order valence-electron chi connectivity index (χ0n) is 25.6. The van der Waals surface area contributed by atoms with Gasteiger partial charge in [-0.2, -0.15) is 0 Å². The molecule has 1 aromatic rings. The summed E-state index contributed by atoms with van der Waals surface area (Å²) < 4.78 is 5.47. The number of nitrogens with one attached hydrogen (secondary N) is 2. The molecular formula is C31H53N3O4. The van der Waals surface area contributed by atoms with E-state index in [4.69, 9.17) is 4.74 Å². The van der Waals surface area contributed by atoms with E-state index in [-0.39, 0.29) is 23.8 Å². The van der Waals surface area contributed by atoms with E-state index in [0.29, 0.717) is 6.54 Å². The standard InChI is InChI=1S/C31H53N3O4/c1-11-13-14-15-19-34(29(36)26(21(3)4)33-30(37)38-31(8,9)10)27(28(35)32-24(7)16-12-2)25-20-22(5)17-18-23(25)6/h17-18,20-21,24,26-27H,11-16,19H2,1-10H3,(H,32,35)(H,33,37). The van der Waals surface area contributed by atoms with Crippen molar-refractivity contribution in [2.24, 2.45) is 5.92 Å². The molecule has 1 aromatic carbocycles. The molecule has 0 saturated carbocycles. The monoisotopic (exact) mass is 531 g/mol. The smallest absolute Gasteiger partial charge is 0.408 e. The zero-order valence-corrected chi connectivity index (χ0v) is 25.6. The highest BCUT2D eigenvalue weighted by molar-refractivity contribution is 5.92. The van der Waals surface area contributed by atoms with Crippen LogP contribution in [0.25, 0.3) is 0 Å². The van der Waals surface area contributed by atoms with Crippen LogP contribution in [0.4, 0.5) is 4.79 Å². The van der Waals surface area contributed by atoms with Crippen LogP contribution in [0, 0.1) is 19.8 Å². The average molecular weight is 532 g/mol. The van der Waals surface area contributed by atoms with Gasteiger partial charge in [-0.05, 0) is 71.4 Å². The summed E-state index contributed by atoms with van der Waals surface area (Å²) in [6, 6.07) is 4.37. The molecule has 216 valence electrons. The summed E-state index contributed by atoms with van der Waals surface area (Å²) in [6.45, 7) is 19.8. The number of unbranched alkanes of at least 4 members (excludes halogenated alkanes) is 3. The summed E-state index contributed by atoms with van der Waals surface area (Å²) in [5.41, 5.74) is 2.10. The number of amides is 3. The van der Waals surface area contributed by atoms with Crippen LogP contribution in [0.1, 0.15) is 117 Å². The van der Waals surface area contributed by atoms with E-state index in [1.54, 1.807) is 25.7 Å². The molecule has 0 radical (unpaired) electrons. The molecule has 0 aliphatic carbocycles. The minimum atomic E-state index is -0.829. The molecule has 0 fully saturated rings. The van der Waals surface area contributed by atoms with E-state index in [1.165, 1.54) is 0 Å². The summed E-state index contributed by atoms with van der Waals surface area (Å²) in [5, 5.41) is 5.96. The van der Waals surface area contributed by atoms with Gasteiger partial charge in [0.15, 0.2) is 0 Å². The number of hydrogen-bond donors (Lipinski definition) is 2. The first kappa shape index (κ1) is 33.5. The Balaban J connectivity index is 3.56. The fourth-order valence-corrected chi connectivity index (χ4v) is 4.53. The van der Waals surface area contributed by atoms with Crippen molar-refractivity contribution in [3.05, 3.63) is 34.9 Å². The molecule has 0 saturated heterocycles. The van der Waals surface area contributed by atoms with Gasteiger partial charge in [-0.3, -0.25) is 9.59 Å². The van der Waals surface area contributed by atoms with Gasteiger partial charge in [0.05, 0.1) is 0 Å². The fourth-order valence-electron chi connectivity index (χ4n) is 4.53. The Morgan fingerprint density at radius 3 is 2.16 bits per heavy atom. The predicted octanol–water partition coefficient (Wildman–Crippen LogP) is 6.61. The van der Waals surface area contributed by atoms with Crippen LogP contribution >= 0.6 is 0 Å². The van der Waals surface area contributed by atoms with Crippen molar-refractivity contribution in [3.8, 4) is 0 Å². The second kappa shape index (κ2) is 15.7. The normalized spacial score (nSPS) is 14.0. The number of hydrogen-bond acceptors (Lipinski definition) is 4. The Morgan fingerprint density at radius 2 is 1.61 bits per heavy atom. The molecular weight excluding hydrogens is 478 g/mol. The molecule has 0 aliphatic heterocycles. The molecule has 3 unspecified atom stereocenters. The van der Waals surface area contributed by atoms with E-state index in [9.17, 15) is 14.4 Å². The van der Waals surface area contributed by atoms with Crippen LogP contribution in [0.3, 0.4) is 0 Å². The molecule has 0 aliphatic rings. The summed E-state index contributed by atoms with van der Waals surface area (Å²) in [4.78, 5) is 42.6. The number of carbonyl (C=O) groups excluding carboxylic acids is 3. The third-order valence-electron chi connectivity index (χ3n) is 6.54. The van der Waals surface area contributed by atoms with Crippen molar-refractivity contribution >= 4 is 17.9 Å². The lowest BCUT2D eigenvalue weighted by atomic mass is 9.94. The van der Waals surface area contributed by atoms with Gasteiger partial charge in [-0.1, -0.05) is 77.1 Å². The Hall–Kier alpha value is -2.57. The van der Waals surface area contributed by atoms with Gasteiger partial charge in [0, 0.05) is 12.6 Å². The first-order valence-electron chi connectivity index (χ1n) is 14.4. The second-order valence-electron chi connectivity index (χ2n) is 11.9. The van der Waals surface area contributed by atoms with Gasteiger partial charge in [0.1, 0.15) is 17.7 Å². The third-order valence-corrected chi connectivity index (χ3v) is 6.54. The lowest BCUT2D eigenvalue weighted by molar-refractivity contribution is -0.143. The van der Waals surface area contributed by atoms with Gasteiger partial charge in [-0.25, -0.2) is 4.79 Å². The molecule has 1 rings (SSSR count). The molecule has 3 atom stereocenters. The maximum atomic E-state index is 14.3. The van der Waals surface area contributed by atoms with Crippen molar-refractivity contribution in [1.82, 2.24) is 15.5 Å². The van der Waals surface area contributed by atoms with Crippen molar-refractivity contribution in [2.45, 2.75) is 131 Å². The Kier molecular flexibility index (Phi) is 13.9. The SMILES string of the molecule is CCCCCCN(C(=O)C(NC(=O)OC(C)(C)C)C(C)C)C(C(=O)NC(C)CCC)c1cc(C)ccc1C. The third kappa shape index (κ3) is 11.0. The lowest BCUT2D eigenvalue weighted by Crippen LogP contribution is -2.55. The predicted molar refractivity (Wildman–Crippen MR) is 155 cm³/mol. The van der Waals surface area contributed by atoms with E-state index < -0.39 is 23.8 Å². The molecule has 0 aromatic heterocycles. The first-order chi connectivity index (χ1) is 17.7. The number of ether oxygens (including phenoxy) is 1. The number of benzene rings is 1. The maximum Gasteiger partial charge on any atom is 0.408 e. The Morgan fingerprint density at radius 1 is 0.947 bits per heavy atom. The number of alkyl carbamates (subject to hydrolysis) is 1. The Bertz CT molecular complexity index is 907. The molecule has 2 N–H and O–H groups in total. The van der Waals surface area contributed by atoms with Gasteiger partial charge >= 0.3 is 6.09 Å². The number of carbonyl (C=O) groups is 3. The van der Waals surface area contributed by atoms with Gasteiger partial charge in [-0.15, -0.1) is 0 Å². The highest BCUT2D eigenvalue weighted by Crippen LogP contribution is 2.28. The summed E-state index contributed by atoms with van der Waals surface area (Å²) in [7, 11) is 0. The zero-order chi connectivity index (χ0) is 29.0. The second-order valence-corrected chi connectivity index (χ2v) is 11.9. The molecule has 7 nitrogen and oxygen atoms in total. The van der Waals surface area contributed by atoms with Crippen molar-refractivity contribution in [3.63, 3.8) is 0 Å². The number of aryl methyl sites for hydroxylation is 2. The topological polar surface area (TPSA) is 87.7 Å². The van der Waals surface area contributed by atoms with Crippen LogP contribution in [0.5, 0.6) is 0 Å². The van der Waals surface area contributed by atoms with Crippen LogP contribution in [-0.4, -0.2) is 47.0 Å². The highest BCUT2D eigenvalue weighted by atomic mass is 16.6. The van der Waals surface area contributed by atoms with Crippen molar-refractivity contribution in [2.75, 3.05) is 6.54 Å². The molecule has 0 spiro atoms. The van der Waals surface area contributed by atoms with Gasteiger partial charge < -0.3 is 20.3 Å². The van der Waals surface area contributed by atoms with E-state index in [0.717, 1.165) is 55.2 Å². The fraction of sp³-hybridized carbons (Fsp3) is 0.710. The minimum Gasteiger partial charge on any atom is -0.444 e. The van der Waals surface area contributed by atoms with Gasteiger partial charge in [0.2, 0.25) is 11.8 Å². The van der Waals surface area contributed by atoms with Crippen LogP contribution in [0.15, 0.2) is 18.2 Å². The molecule has 7 heteroatoms. The number of nitrogens with zero attached hydrogens (tertiary/aromatic N) is 1. The maximum absolute atomic E-state index is 14.3. The largest absolute Gasteiger partial charge is 0.444 e. The average Bonchev–Trinajstić information content (AvgIpc) is 2.79. The minimum absolute atomic E-state index is 0.0158. The van der Waals surface area contributed by atoms with Crippen LogP contribution < -0.4 is 10.6 Å². The van der Waals surface area contributed by atoms with Crippen molar-refractivity contribution in [1.29, 1.82) is 0 Å². The molecule has 0 heterocycles. The molecule has 38 heavy (non-hydrogen) atoms. The van der Waals surface area contributed by atoms with Crippen molar-refractivity contribution < 1.29 is 19.1 Å². The van der Waals surface area contributed by atoms with Crippen LogP contribution in [-0.2, 0) is 14.3 Å². The summed E-state index contributed by atoms with van der Waals surface area (Å²) in [5.74, 6) is -0.663. The van der Waals surface area contributed by atoms with Gasteiger partial charge in [0.25, 0.3) is 0 Å². The summed E-state index contributed by atoms with van der Waals surface area (Å²) in [6.07, 6.45) is 5.02. The highest BCUT2D eigenvalue weighted by Gasteiger charge is 2.38. The van der Waals surface area contributed by atoms with E-state index in [1.807, 2.05) is 52.8 Å². The first-order valence-corrected chi connectivity index (χ1v) is 14.4. The molecule has 0 bridgehead atoms. The van der Waals surface area contributed by atoms with E-state index >= 15 is 0 Å². The Labute approximate surface area is 231 Å². The summed E-state index contributed by atoms with van der Waals surface area (Å²) >= 11 is 0. The van der Waals surface area contributed by atoms with E-state index in [2.05, 4.69) is 24.5 Å².